The van der Waals surface area contributed by atoms with E-state index in [2.05, 4.69) is 18.7 Å². The van der Waals surface area contributed by atoms with Gasteiger partial charge in [-0.15, -0.1) is 0 Å². The van der Waals surface area contributed by atoms with Gasteiger partial charge in [0.05, 0.1) is 0 Å². The Balaban J connectivity index is 1.54. The summed E-state index contributed by atoms with van der Waals surface area (Å²) in [5, 5.41) is 0. The zero-order chi connectivity index (χ0) is 20.8. The fourth-order valence-corrected chi connectivity index (χ4v) is 5.20. The van der Waals surface area contributed by atoms with Crippen molar-refractivity contribution < 1.29 is 9.18 Å². The van der Waals surface area contributed by atoms with Crippen LogP contribution in [-0.2, 0) is 0 Å². The van der Waals surface area contributed by atoms with Crippen LogP contribution in [0.2, 0.25) is 0 Å². The third-order valence-corrected chi connectivity index (χ3v) is 6.42. The van der Waals surface area contributed by atoms with E-state index in [0.29, 0.717) is 12.0 Å². The Morgan fingerprint density at radius 2 is 1.90 bits per heavy atom. The molecule has 2 atom stereocenters. The number of carbonyl (C=O) groups is 1. The summed E-state index contributed by atoms with van der Waals surface area (Å²) in [6.07, 6.45) is 1.90. The highest BCUT2D eigenvalue weighted by Gasteiger charge is 2.48. The van der Waals surface area contributed by atoms with Crippen molar-refractivity contribution in [2.24, 2.45) is 5.92 Å². The van der Waals surface area contributed by atoms with Crippen LogP contribution in [0.1, 0.15) is 37.0 Å². The van der Waals surface area contributed by atoms with Crippen LogP contribution in [0.15, 0.2) is 48.5 Å². The van der Waals surface area contributed by atoms with Crippen LogP contribution in [0.3, 0.4) is 0 Å². The predicted octanol–water partition coefficient (Wildman–Crippen LogP) is 4.41. The van der Waals surface area contributed by atoms with E-state index in [0.717, 1.165) is 42.9 Å². The molecule has 0 N–H and O–H groups in total. The Morgan fingerprint density at radius 1 is 1.14 bits per heavy atom. The molecule has 0 aliphatic carbocycles. The predicted molar refractivity (Wildman–Crippen MR) is 116 cm³/mol. The van der Waals surface area contributed by atoms with E-state index in [1.54, 1.807) is 12.1 Å². The zero-order valence-corrected chi connectivity index (χ0v) is 17.7. The number of halogens is 1. The summed E-state index contributed by atoms with van der Waals surface area (Å²) in [4.78, 5) is 19.6. The Kier molecular flexibility index (Phi) is 5.01. The summed E-state index contributed by atoms with van der Waals surface area (Å²) in [5.41, 5.74) is 2.66. The van der Waals surface area contributed by atoms with Crippen LogP contribution in [-0.4, -0.2) is 49.6 Å². The summed E-state index contributed by atoms with van der Waals surface area (Å²) in [7, 11) is 3.97. The molecule has 2 saturated heterocycles. The first-order valence-electron chi connectivity index (χ1n) is 10.4. The molecule has 0 saturated carbocycles. The standard InChI is InChI=1S/C24H30FN3O/c1-24(2)15-18-16-27(23(29)17-7-5-9-20(13-17)26(3)4)12-11-22(18)28(24)21-10-6-8-19(25)14-21/h5-10,13-14,18,22H,11-12,15-16H2,1-4H3/t18-,22+/m1/s1. The largest absolute Gasteiger partial charge is 0.378 e. The summed E-state index contributed by atoms with van der Waals surface area (Å²) in [6.45, 7) is 5.94. The van der Waals surface area contributed by atoms with Gasteiger partial charge in [0, 0.05) is 55.7 Å². The van der Waals surface area contributed by atoms with E-state index >= 15 is 0 Å². The molecule has 0 bridgehead atoms. The van der Waals surface area contributed by atoms with Crippen LogP contribution in [0.5, 0.6) is 0 Å². The Labute approximate surface area is 172 Å². The molecule has 2 aromatic carbocycles. The molecule has 0 radical (unpaired) electrons. The lowest BCUT2D eigenvalue weighted by atomic mass is 9.89. The monoisotopic (exact) mass is 395 g/mol. The van der Waals surface area contributed by atoms with Crippen molar-refractivity contribution in [1.29, 1.82) is 0 Å². The number of carbonyl (C=O) groups excluding carboxylic acids is 1. The summed E-state index contributed by atoms with van der Waals surface area (Å²) >= 11 is 0. The van der Waals surface area contributed by atoms with Crippen LogP contribution in [0, 0.1) is 11.7 Å². The number of hydrogen-bond donors (Lipinski definition) is 0. The molecule has 2 aromatic rings. The summed E-state index contributed by atoms with van der Waals surface area (Å²) in [5.74, 6) is 0.298. The molecule has 2 fully saturated rings. The number of piperidine rings is 1. The molecule has 154 valence electrons. The van der Waals surface area contributed by atoms with Crippen molar-refractivity contribution in [1.82, 2.24) is 4.90 Å². The number of benzene rings is 2. The second-order valence-electron chi connectivity index (χ2n) is 9.18. The van der Waals surface area contributed by atoms with Crippen molar-refractivity contribution in [2.45, 2.75) is 38.3 Å². The van der Waals surface area contributed by atoms with Gasteiger partial charge in [-0.1, -0.05) is 12.1 Å². The lowest BCUT2D eigenvalue weighted by Gasteiger charge is -2.42. The molecule has 29 heavy (non-hydrogen) atoms. The second-order valence-corrected chi connectivity index (χ2v) is 9.18. The number of rotatable bonds is 3. The van der Waals surface area contributed by atoms with Gasteiger partial charge in [0.1, 0.15) is 5.82 Å². The Bertz CT molecular complexity index is 911. The van der Waals surface area contributed by atoms with E-state index in [4.69, 9.17) is 0 Å². The Hall–Kier alpha value is -2.56. The SMILES string of the molecule is CN(C)c1cccc(C(=O)N2CC[C@H]3[C@@H](C2)CC(C)(C)N3c2cccc(F)c2)c1. The number of amides is 1. The lowest BCUT2D eigenvalue weighted by molar-refractivity contribution is 0.0667. The highest BCUT2D eigenvalue weighted by molar-refractivity contribution is 5.95. The molecule has 2 heterocycles. The maximum atomic E-state index is 13.9. The average molecular weight is 396 g/mol. The highest BCUT2D eigenvalue weighted by Crippen LogP contribution is 2.44. The number of nitrogens with zero attached hydrogens (tertiary/aromatic N) is 3. The molecule has 1 amide bonds. The first-order valence-corrected chi connectivity index (χ1v) is 10.4. The number of hydrogen-bond acceptors (Lipinski definition) is 3. The third-order valence-electron chi connectivity index (χ3n) is 6.42. The van der Waals surface area contributed by atoms with Gasteiger partial charge in [-0.2, -0.15) is 0 Å². The van der Waals surface area contributed by atoms with E-state index in [-0.39, 0.29) is 17.3 Å². The maximum absolute atomic E-state index is 13.9. The second kappa shape index (κ2) is 7.36. The summed E-state index contributed by atoms with van der Waals surface area (Å²) < 4.78 is 13.9. The average Bonchev–Trinajstić information content (AvgIpc) is 2.96. The third kappa shape index (κ3) is 3.70. The zero-order valence-electron chi connectivity index (χ0n) is 17.7. The van der Waals surface area contributed by atoms with Gasteiger partial charge >= 0.3 is 0 Å². The van der Waals surface area contributed by atoms with Crippen LogP contribution in [0.25, 0.3) is 0 Å². The molecular weight excluding hydrogens is 365 g/mol. The van der Waals surface area contributed by atoms with Crippen molar-refractivity contribution in [3.63, 3.8) is 0 Å². The minimum absolute atomic E-state index is 0.0625. The van der Waals surface area contributed by atoms with E-state index in [9.17, 15) is 9.18 Å². The lowest BCUT2D eigenvalue weighted by Crippen LogP contribution is -2.50. The van der Waals surface area contributed by atoms with Crippen molar-refractivity contribution >= 4 is 17.3 Å². The highest BCUT2D eigenvalue weighted by atomic mass is 19.1. The van der Waals surface area contributed by atoms with E-state index in [1.807, 2.05) is 54.2 Å². The molecule has 0 spiro atoms. The first kappa shape index (κ1) is 19.7. The Morgan fingerprint density at radius 3 is 2.62 bits per heavy atom. The normalized spacial score (nSPS) is 23.1. The van der Waals surface area contributed by atoms with Gasteiger partial charge < -0.3 is 14.7 Å². The van der Waals surface area contributed by atoms with Gasteiger partial charge in [-0.05, 0) is 69.0 Å². The van der Waals surface area contributed by atoms with Crippen LogP contribution < -0.4 is 9.80 Å². The fourth-order valence-electron chi connectivity index (χ4n) is 5.20. The fraction of sp³-hybridized carbons (Fsp3) is 0.458. The minimum atomic E-state index is -0.199. The number of fused-ring (bicyclic) bond motifs is 1. The first-order chi connectivity index (χ1) is 13.8. The smallest absolute Gasteiger partial charge is 0.253 e. The summed E-state index contributed by atoms with van der Waals surface area (Å²) in [6, 6.07) is 15.1. The molecule has 4 nitrogen and oxygen atoms in total. The number of likely N-dealkylation sites (tertiary alicyclic amines) is 1. The van der Waals surface area contributed by atoms with Crippen LogP contribution in [0.4, 0.5) is 15.8 Å². The maximum Gasteiger partial charge on any atom is 0.253 e. The van der Waals surface area contributed by atoms with Gasteiger partial charge in [-0.25, -0.2) is 4.39 Å². The molecule has 5 heteroatoms. The van der Waals surface area contributed by atoms with Gasteiger partial charge in [0.25, 0.3) is 5.91 Å². The molecule has 0 aromatic heterocycles. The quantitative estimate of drug-likeness (QED) is 0.770. The topological polar surface area (TPSA) is 26.8 Å². The molecular formula is C24H30FN3O. The molecule has 0 unspecified atom stereocenters. The number of anilines is 2. The van der Waals surface area contributed by atoms with E-state index in [1.165, 1.54) is 6.07 Å². The molecule has 2 aliphatic rings. The van der Waals surface area contributed by atoms with Crippen LogP contribution >= 0.6 is 0 Å². The molecule has 2 aliphatic heterocycles. The van der Waals surface area contributed by atoms with Crippen molar-refractivity contribution in [2.75, 3.05) is 37.0 Å². The van der Waals surface area contributed by atoms with Crippen molar-refractivity contribution in [3.05, 3.63) is 59.9 Å². The molecule has 4 rings (SSSR count). The van der Waals surface area contributed by atoms with Gasteiger partial charge in [-0.3, -0.25) is 4.79 Å². The van der Waals surface area contributed by atoms with Gasteiger partial charge in [0.15, 0.2) is 0 Å². The van der Waals surface area contributed by atoms with Crippen molar-refractivity contribution in [3.8, 4) is 0 Å². The van der Waals surface area contributed by atoms with Gasteiger partial charge in [0.2, 0.25) is 0 Å². The minimum Gasteiger partial charge on any atom is -0.378 e. The van der Waals surface area contributed by atoms with E-state index < -0.39 is 0 Å².